The van der Waals surface area contributed by atoms with Gasteiger partial charge in [0.1, 0.15) is 11.5 Å². The van der Waals surface area contributed by atoms with E-state index in [9.17, 15) is 4.79 Å². The summed E-state index contributed by atoms with van der Waals surface area (Å²) in [7, 11) is 0. The van der Waals surface area contributed by atoms with Crippen molar-refractivity contribution in [2.45, 2.75) is 33.1 Å². The molecule has 2 rings (SSSR count). The first-order chi connectivity index (χ1) is 7.16. The number of aryl methyl sites for hydroxylation is 1. The van der Waals surface area contributed by atoms with E-state index in [0.29, 0.717) is 18.2 Å². The zero-order valence-electron chi connectivity index (χ0n) is 9.25. The lowest BCUT2D eigenvalue weighted by atomic mass is 10.2. The van der Waals surface area contributed by atoms with Gasteiger partial charge in [0.25, 0.3) is 6.01 Å². The monoisotopic (exact) mass is 208 g/mol. The molecule has 0 radical (unpaired) electrons. The van der Waals surface area contributed by atoms with E-state index < -0.39 is 0 Å². The van der Waals surface area contributed by atoms with Crippen molar-refractivity contribution in [2.75, 3.05) is 18.0 Å². The topological polar surface area (TPSA) is 46.3 Å². The third-order valence-corrected chi connectivity index (χ3v) is 2.67. The fraction of sp³-hybridized carbons (Fsp3) is 0.636. The first kappa shape index (κ1) is 10.2. The summed E-state index contributed by atoms with van der Waals surface area (Å²) in [6, 6.07) is 0.682. The van der Waals surface area contributed by atoms with Gasteiger partial charge >= 0.3 is 0 Å². The molecule has 1 saturated heterocycles. The van der Waals surface area contributed by atoms with Gasteiger partial charge in [-0.05, 0) is 26.7 Å². The Morgan fingerprint density at radius 1 is 1.47 bits per heavy atom. The number of Topliss-reactive ketones (excluding diaryl/α,β-unsaturated/α-hetero) is 1. The number of hydrogen-bond acceptors (Lipinski definition) is 4. The Morgan fingerprint density at radius 2 is 2.13 bits per heavy atom. The highest BCUT2D eigenvalue weighted by Gasteiger charge is 2.19. The molecule has 82 valence electrons. The van der Waals surface area contributed by atoms with Crippen LogP contribution in [0.3, 0.4) is 0 Å². The maximum atomic E-state index is 11.0. The molecular formula is C11H16N2O2. The third kappa shape index (κ3) is 2.19. The van der Waals surface area contributed by atoms with E-state index in [2.05, 4.69) is 9.88 Å². The van der Waals surface area contributed by atoms with Gasteiger partial charge in [0.05, 0.1) is 12.1 Å². The Balaban J connectivity index is 2.16. The predicted molar refractivity (Wildman–Crippen MR) is 57.1 cm³/mol. The maximum absolute atomic E-state index is 11.0. The van der Waals surface area contributed by atoms with Crippen molar-refractivity contribution in [1.82, 2.24) is 4.98 Å². The number of anilines is 1. The van der Waals surface area contributed by atoms with E-state index in [1.165, 1.54) is 12.8 Å². The SMILES string of the molecule is CC(=O)Cc1oc(N2CCCC2)nc1C. The molecule has 1 aromatic rings. The van der Waals surface area contributed by atoms with E-state index in [1.54, 1.807) is 6.92 Å². The second-order valence-electron chi connectivity index (χ2n) is 4.08. The molecule has 0 aromatic carbocycles. The molecule has 0 spiro atoms. The molecule has 0 amide bonds. The van der Waals surface area contributed by atoms with Crippen LogP contribution in [0, 0.1) is 6.92 Å². The van der Waals surface area contributed by atoms with Crippen molar-refractivity contribution in [1.29, 1.82) is 0 Å². The minimum absolute atomic E-state index is 0.113. The first-order valence-electron chi connectivity index (χ1n) is 5.37. The molecule has 2 heterocycles. The standard InChI is InChI=1S/C11H16N2O2/c1-8(14)7-10-9(2)12-11(15-10)13-5-3-4-6-13/h3-7H2,1-2H3. The predicted octanol–water partition coefficient (Wildman–Crippen LogP) is 1.71. The van der Waals surface area contributed by atoms with Crippen molar-refractivity contribution in [2.24, 2.45) is 0 Å². The molecule has 0 N–H and O–H groups in total. The van der Waals surface area contributed by atoms with Gasteiger partial charge in [-0.3, -0.25) is 4.79 Å². The highest BCUT2D eigenvalue weighted by Crippen LogP contribution is 2.22. The van der Waals surface area contributed by atoms with Gasteiger partial charge in [-0.25, -0.2) is 0 Å². The molecule has 1 aliphatic rings. The number of hydrogen-bond donors (Lipinski definition) is 0. The van der Waals surface area contributed by atoms with Crippen LogP contribution in [-0.2, 0) is 11.2 Å². The number of nitrogens with zero attached hydrogens (tertiary/aromatic N) is 2. The molecule has 1 aliphatic heterocycles. The summed E-state index contributed by atoms with van der Waals surface area (Å²) in [5.41, 5.74) is 0.840. The van der Waals surface area contributed by atoms with E-state index in [0.717, 1.165) is 18.8 Å². The highest BCUT2D eigenvalue weighted by atomic mass is 16.4. The molecule has 4 nitrogen and oxygen atoms in total. The van der Waals surface area contributed by atoms with Crippen LogP contribution in [0.15, 0.2) is 4.42 Å². The van der Waals surface area contributed by atoms with Crippen molar-refractivity contribution < 1.29 is 9.21 Å². The number of carbonyl (C=O) groups is 1. The Labute approximate surface area is 89.3 Å². The molecular weight excluding hydrogens is 192 g/mol. The van der Waals surface area contributed by atoms with Crippen LogP contribution in [0.5, 0.6) is 0 Å². The number of aromatic nitrogens is 1. The lowest BCUT2D eigenvalue weighted by Gasteiger charge is -2.10. The maximum Gasteiger partial charge on any atom is 0.297 e. The van der Waals surface area contributed by atoms with E-state index >= 15 is 0 Å². The molecule has 0 atom stereocenters. The molecule has 0 saturated carbocycles. The minimum Gasteiger partial charge on any atom is -0.428 e. The zero-order valence-corrected chi connectivity index (χ0v) is 9.25. The van der Waals surface area contributed by atoms with Gasteiger partial charge in [-0.1, -0.05) is 0 Å². The van der Waals surface area contributed by atoms with Crippen LogP contribution in [0.2, 0.25) is 0 Å². The average molecular weight is 208 g/mol. The average Bonchev–Trinajstić information content (AvgIpc) is 2.75. The fourth-order valence-electron chi connectivity index (χ4n) is 1.85. The Bertz CT molecular complexity index is 365. The largest absolute Gasteiger partial charge is 0.428 e. The lowest BCUT2D eigenvalue weighted by molar-refractivity contribution is -0.116. The van der Waals surface area contributed by atoms with Gasteiger partial charge in [0.15, 0.2) is 0 Å². The highest BCUT2D eigenvalue weighted by molar-refractivity contribution is 5.77. The van der Waals surface area contributed by atoms with Gasteiger partial charge in [-0.2, -0.15) is 4.98 Å². The lowest BCUT2D eigenvalue weighted by Crippen LogP contribution is -2.17. The second-order valence-corrected chi connectivity index (χ2v) is 4.08. The Morgan fingerprint density at radius 3 is 2.73 bits per heavy atom. The molecule has 0 bridgehead atoms. The van der Waals surface area contributed by atoms with Crippen molar-refractivity contribution >= 4 is 11.8 Å². The van der Waals surface area contributed by atoms with Crippen LogP contribution in [0.4, 0.5) is 6.01 Å². The smallest absolute Gasteiger partial charge is 0.297 e. The van der Waals surface area contributed by atoms with Gasteiger partial charge in [0.2, 0.25) is 0 Å². The van der Waals surface area contributed by atoms with E-state index in [-0.39, 0.29) is 5.78 Å². The summed E-state index contributed by atoms with van der Waals surface area (Å²) < 4.78 is 5.60. The number of ketones is 1. The number of rotatable bonds is 3. The summed E-state index contributed by atoms with van der Waals surface area (Å²) in [4.78, 5) is 17.5. The number of carbonyl (C=O) groups excluding carboxylic acids is 1. The molecule has 1 fully saturated rings. The van der Waals surface area contributed by atoms with Crippen LogP contribution in [0.25, 0.3) is 0 Å². The summed E-state index contributed by atoms with van der Waals surface area (Å²) in [5.74, 6) is 0.826. The summed E-state index contributed by atoms with van der Waals surface area (Å²) >= 11 is 0. The zero-order chi connectivity index (χ0) is 10.8. The number of oxazole rings is 1. The normalized spacial score (nSPS) is 16.0. The molecule has 0 aliphatic carbocycles. The van der Waals surface area contributed by atoms with E-state index in [4.69, 9.17) is 4.42 Å². The Hall–Kier alpha value is -1.32. The van der Waals surface area contributed by atoms with E-state index in [1.807, 2.05) is 6.92 Å². The summed E-state index contributed by atoms with van der Waals surface area (Å²) in [6.07, 6.45) is 2.75. The quantitative estimate of drug-likeness (QED) is 0.758. The van der Waals surface area contributed by atoms with Gasteiger partial charge in [0, 0.05) is 13.1 Å². The summed E-state index contributed by atoms with van der Waals surface area (Å²) in [6.45, 7) is 5.48. The van der Waals surface area contributed by atoms with Crippen LogP contribution in [-0.4, -0.2) is 23.9 Å². The third-order valence-electron chi connectivity index (χ3n) is 2.67. The van der Waals surface area contributed by atoms with Gasteiger partial charge in [-0.15, -0.1) is 0 Å². The molecule has 1 aromatic heterocycles. The van der Waals surface area contributed by atoms with Crippen LogP contribution < -0.4 is 4.90 Å². The Kier molecular flexibility index (Phi) is 2.75. The molecule has 0 unspecified atom stereocenters. The van der Waals surface area contributed by atoms with Crippen LogP contribution in [0.1, 0.15) is 31.2 Å². The van der Waals surface area contributed by atoms with Crippen molar-refractivity contribution in [3.8, 4) is 0 Å². The van der Waals surface area contributed by atoms with Crippen molar-refractivity contribution in [3.63, 3.8) is 0 Å². The molecule has 15 heavy (non-hydrogen) atoms. The summed E-state index contributed by atoms with van der Waals surface area (Å²) in [5, 5.41) is 0. The van der Waals surface area contributed by atoms with Crippen LogP contribution >= 0.6 is 0 Å². The first-order valence-corrected chi connectivity index (χ1v) is 5.37. The second kappa shape index (κ2) is 4.04. The van der Waals surface area contributed by atoms with Crippen molar-refractivity contribution in [3.05, 3.63) is 11.5 Å². The minimum atomic E-state index is 0.113. The van der Waals surface area contributed by atoms with Gasteiger partial charge < -0.3 is 9.32 Å². The fourth-order valence-corrected chi connectivity index (χ4v) is 1.85. The molecule has 4 heteroatoms.